The Kier molecular flexibility index (Phi) is 6.37. The Morgan fingerprint density at radius 2 is 1.81 bits per heavy atom. The minimum absolute atomic E-state index is 0.254. The highest BCUT2D eigenvalue weighted by atomic mass is 16.5. The minimum Gasteiger partial charge on any atom is -0.478 e. The van der Waals surface area contributed by atoms with Crippen LogP contribution >= 0.6 is 0 Å². The van der Waals surface area contributed by atoms with E-state index in [0.717, 1.165) is 46.6 Å². The topological polar surface area (TPSA) is 63.8 Å². The molecule has 0 amide bonds. The molecule has 0 saturated carbocycles. The van der Waals surface area contributed by atoms with Gasteiger partial charge in [-0.05, 0) is 54.7 Å². The van der Waals surface area contributed by atoms with E-state index in [1.165, 1.54) is 0 Å². The van der Waals surface area contributed by atoms with Crippen LogP contribution < -0.4 is 0 Å². The van der Waals surface area contributed by atoms with Gasteiger partial charge in [0.15, 0.2) is 0 Å². The number of hydrogen-bond acceptors (Lipinski definition) is 3. The van der Waals surface area contributed by atoms with Crippen LogP contribution in [0, 0.1) is 6.92 Å². The summed E-state index contributed by atoms with van der Waals surface area (Å²) in [5.41, 5.74) is 7.08. The summed E-state index contributed by atoms with van der Waals surface area (Å²) in [6, 6.07) is 19.2. The second-order valence-corrected chi connectivity index (χ2v) is 7.93. The second kappa shape index (κ2) is 9.37. The van der Waals surface area contributed by atoms with Crippen LogP contribution in [0.3, 0.4) is 0 Å². The molecule has 0 fully saturated rings. The number of aryl methyl sites for hydroxylation is 2. The third-order valence-corrected chi connectivity index (χ3v) is 5.68. The highest BCUT2D eigenvalue weighted by Gasteiger charge is 2.20. The summed E-state index contributed by atoms with van der Waals surface area (Å²) < 4.78 is 8.34. The van der Waals surface area contributed by atoms with E-state index >= 15 is 0 Å². The molecular weight excluding hydrogens is 400 g/mol. The zero-order valence-electron chi connectivity index (χ0n) is 18.7. The quantitative estimate of drug-likeness (QED) is 0.369. The van der Waals surface area contributed by atoms with Gasteiger partial charge in [-0.15, -0.1) is 0 Å². The molecule has 0 unspecified atom stereocenters. The van der Waals surface area contributed by atoms with Crippen molar-refractivity contribution >= 4 is 11.6 Å². The van der Waals surface area contributed by atoms with E-state index in [4.69, 9.17) is 9.72 Å². The van der Waals surface area contributed by atoms with Gasteiger partial charge >= 0.3 is 5.97 Å². The summed E-state index contributed by atoms with van der Waals surface area (Å²) in [5, 5.41) is 9.52. The molecule has 0 saturated heterocycles. The van der Waals surface area contributed by atoms with E-state index in [1.54, 1.807) is 12.1 Å². The van der Waals surface area contributed by atoms with Gasteiger partial charge in [0.1, 0.15) is 11.8 Å². The van der Waals surface area contributed by atoms with Crippen LogP contribution in [-0.4, -0.2) is 27.1 Å². The van der Waals surface area contributed by atoms with Crippen molar-refractivity contribution < 1.29 is 14.6 Å². The Labute approximate surface area is 188 Å². The molecule has 1 atom stereocenters. The molecule has 5 heteroatoms. The highest BCUT2D eigenvalue weighted by Crippen LogP contribution is 2.31. The number of carboxylic acid groups (broad SMARTS) is 1. The van der Waals surface area contributed by atoms with Crippen LogP contribution in [0.1, 0.15) is 59.2 Å². The lowest BCUT2D eigenvalue weighted by Gasteiger charge is -2.20. The van der Waals surface area contributed by atoms with Crippen LogP contribution in [-0.2, 0) is 11.2 Å². The van der Waals surface area contributed by atoms with Gasteiger partial charge in [-0.3, -0.25) is 0 Å². The molecule has 4 rings (SSSR count). The zero-order valence-corrected chi connectivity index (χ0v) is 18.7. The number of nitrogens with zero attached hydrogens (tertiary/aromatic N) is 2. The average molecular weight is 429 g/mol. The Morgan fingerprint density at radius 1 is 1.06 bits per heavy atom. The van der Waals surface area contributed by atoms with Crippen molar-refractivity contribution in [1.82, 2.24) is 9.38 Å². The maximum absolute atomic E-state index is 11.6. The fraction of sp³-hybridized carbons (Fsp3) is 0.259. The predicted octanol–water partition coefficient (Wildman–Crippen LogP) is 6.09. The molecule has 0 bridgehead atoms. The van der Waals surface area contributed by atoms with Crippen LogP contribution in [0.15, 0.2) is 66.9 Å². The van der Waals surface area contributed by atoms with Gasteiger partial charge in [-0.25, -0.2) is 9.78 Å². The molecule has 0 aliphatic carbocycles. The lowest BCUT2D eigenvalue weighted by molar-refractivity contribution is 0.0697. The van der Waals surface area contributed by atoms with Gasteiger partial charge < -0.3 is 14.2 Å². The van der Waals surface area contributed by atoms with Crippen molar-refractivity contribution in [1.29, 1.82) is 0 Å². The number of aromatic nitrogens is 2. The molecule has 0 spiro atoms. The molecule has 5 nitrogen and oxygen atoms in total. The number of imidazole rings is 1. The molecule has 0 radical (unpaired) electrons. The molecule has 0 aliphatic rings. The Hall–Kier alpha value is -3.44. The third kappa shape index (κ3) is 4.16. The standard InChI is InChI=1S/C27H28N2O3/c1-4-8-21-17-29-24(16-11-18(3)26(29)28-21)25(32-5-2)20-14-12-19(13-15-20)22-9-6-7-10-23(22)27(30)31/h6-7,9-17,25H,4-5,8H2,1-3H3,(H,30,31)/t25-/m1/s1. The van der Waals surface area contributed by atoms with Gasteiger partial charge in [0.25, 0.3) is 0 Å². The third-order valence-electron chi connectivity index (χ3n) is 5.68. The average Bonchev–Trinajstić information content (AvgIpc) is 3.23. The summed E-state index contributed by atoms with van der Waals surface area (Å²) in [6.07, 6.45) is 3.85. The number of carboxylic acids is 1. The molecular formula is C27H28N2O3. The van der Waals surface area contributed by atoms with Crippen LogP contribution in [0.4, 0.5) is 0 Å². The van der Waals surface area contributed by atoms with Crippen LogP contribution in [0.25, 0.3) is 16.8 Å². The van der Waals surface area contributed by atoms with Gasteiger partial charge in [-0.1, -0.05) is 61.9 Å². The fourth-order valence-corrected chi connectivity index (χ4v) is 4.14. The number of carbonyl (C=O) groups is 1. The summed E-state index contributed by atoms with van der Waals surface area (Å²) in [7, 11) is 0. The number of ether oxygens (including phenoxy) is 1. The highest BCUT2D eigenvalue weighted by molar-refractivity contribution is 5.96. The largest absolute Gasteiger partial charge is 0.478 e. The van der Waals surface area contributed by atoms with Crippen molar-refractivity contribution in [2.24, 2.45) is 0 Å². The Morgan fingerprint density at radius 3 is 2.50 bits per heavy atom. The lowest BCUT2D eigenvalue weighted by Crippen LogP contribution is -2.11. The van der Waals surface area contributed by atoms with E-state index < -0.39 is 5.97 Å². The predicted molar refractivity (Wildman–Crippen MR) is 126 cm³/mol. The monoisotopic (exact) mass is 428 g/mol. The number of fused-ring (bicyclic) bond motifs is 1. The van der Waals surface area contributed by atoms with Crippen molar-refractivity contribution in [3.05, 3.63) is 94.9 Å². The maximum atomic E-state index is 11.6. The second-order valence-electron chi connectivity index (χ2n) is 7.93. The lowest BCUT2D eigenvalue weighted by atomic mass is 9.97. The Balaban J connectivity index is 1.76. The van der Waals surface area contributed by atoms with E-state index in [-0.39, 0.29) is 6.10 Å². The van der Waals surface area contributed by atoms with Crippen molar-refractivity contribution in [3.63, 3.8) is 0 Å². The van der Waals surface area contributed by atoms with Crippen LogP contribution in [0.5, 0.6) is 0 Å². The van der Waals surface area contributed by atoms with Crippen molar-refractivity contribution in [2.45, 2.75) is 39.7 Å². The normalized spacial score (nSPS) is 12.2. The zero-order chi connectivity index (χ0) is 22.7. The summed E-state index contributed by atoms with van der Waals surface area (Å²) in [4.78, 5) is 16.4. The van der Waals surface area contributed by atoms with E-state index in [2.05, 4.69) is 36.6 Å². The molecule has 4 aromatic rings. The SMILES string of the molecule is CCCc1cn2c([C@H](OCC)c3ccc(-c4ccccc4C(=O)O)cc3)ccc(C)c2n1. The number of hydrogen-bond donors (Lipinski definition) is 1. The molecule has 32 heavy (non-hydrogen) atoms. The van der Waals surface area contributed by atoms with Crippen LogP contribution in [0.2, 0.25) is 0 Å². The first-order valence-electron chi connectivity index (χ1n) is 11.0. The number of pyridine rings is 1. The Bertz CT molecular complexity index is 1240. The smallest absolute Gasteiger partial charge is 0.336 e. The van der Waals surface area contributed by atoms with Gasteiger partial charge in [-0.2, -0.15) is 0 Å². The van der Waals surface area contributed by atoms with Gasteiger partial charge in [0, 0.05) is 12.8 Å². The fourth-order valence-electron chi connectivity index (χ4n) is 4.14. The van der Waals surface area contributed by atoms with Gasteiger partial charge in [0.2, 0.25) is 0 Å². The number of benzene rings is 2. The molecule has 2 heterocycles. The molecule has 2 aromatic carbocycles. The summed E-state index contributed by atoms with van der Waals surface area (Å²) in [6.45, 7) is 6.80. The van der Waals surface area contributed by atoms with Crippen molar-refractivity contribution in [2.75, 3.05) is 6.61 Å². The summed E-state index contributed by atoms with van der Waals surface area (Å²) >= 11 is 0. The number of aromatic carboxylic acids is 1. The molecule has 1 N–H and O–H groups in total. The van der Waals surface area contributed by atoms with E-state index in [0.29, 0.717) is 17.7 Å². The first-order chi connectivity index (χ1) is 15.5. The summed E-state index contributed by atoms with van der Waals surface area (Å²) in [5.74, 6) is -0.929. The van der Waals surface area contributed by atoms with Crippen molar-refractivity contribution in [3.8, 4) is 11.1 Å². The molecule has 164 valence electrons. The first kappa shape index (κ1) is 21.8. The maximum Gasteiger partial charge on any atom is 0.336 e. The first-order valence-corrected chi connectivity index (χ1v) is 11.0. The van der Waals surface area contributed by atoms with E-state index in [1.807, 2.05) is 43.3 Å². The number of rotatable bonds is 8. The minimum atomic E-state index is -0.929. The molecule has 0 aliphatic heterocycles. The van der Waals surface area contributed by atoms with E-state index in [9.17, 15) is 9.90 Å². The van der Waals surface area contributed by atoms with Gasteiger partial charge in [0.05, 0.1) is 17.0 Å². The molecule has 2 aromatic heterocycles.